The van der Waals surface area contributed by atoms with E-state index in [1.807, 2.05) is 26.2 Å². The molecule has 0 aromatic carbocycles. The summed E-state index contributed by atoms with van der Waals surface area (Å²) in [6.07, 6.45) is 6.50. The van der Waals surface area contributed by atoms with Crippen LogP contribution in [0.5, 0.6) is 0 Å². The summed E-state index contributed by atoms with van der Waals surface area (Å²) in [7, 11) is 0. The van der Waals surface area contributed by atoms with Crippen LogP contribution in [-0.2, 0) is 30.5 Å². The molecule has 3 heterocycles. The molecule has 0 atom stereocenters. The molecule has 0 amide bonds. The molecular formula is C14H19N3V. The zero-order valence-corrected chi connectivity index (χ0v) is 12.4. The minimum atomic E-state index is 0. The van der Waals surface area contributed by atoms with E-state index in [4.69, 9.17) is 0 Å². The molecule has 1 spiro atoms. The molecule has 1 radical (unpaired) electrons. The number of hydrogen-bond donors (Lipinski definition) is 2. The van der Waals surface area contributed by atoms with Gasteiger partial charge < -0.3 is 10.3 Å². The summed E-state index contributed by atoms with van der Waals surface area (Å²) in [6, 6.07) is 2.15. The van der Waals surface area contributed by atoms with Crippen LogP contribution in [-0.4, -0.2) is 16.5 Å². The van der Waals surface area contributed by atoms with Crippen LogP contribution in [0, 0.1) is 0 Å². The fraction of sp³-hybridized carbons (Fsp3) is 0.500. The number of H-pyrrole nitrogens is 1. The van der Waals surface area contributed by atoms with Crippen molar-refractivity contribution in [2.24, 2.45) is 0 Å². The third-order valence-corrected chi connectivity index (χ3v) is 3.83. The summed E-state index contributed by atoms with van der Waals surface area (Å²) in [6.45, 7) is 6.13. The van der Waals surface area contributed by atoms with Crippen molar-refractivity contribution in [3.8, 4) is 0 Å². The van der Waals surface area contributed by atoms with Crippen molar-refractivity contribution in [1.82, 2.24) is 15.3 Å². The molecule has 0 saturated heterocycles. The Balaban J connectivity index is 0.000000384. The monoisotopic (exact) mass is 280 g/mol. The van der Waals surface area contributed by atoms with Gasteiger partial charge in [-0.25, -0.2) is 0 Å². The number of aromatic nitrogens is 2. The van der Waals surface area contributed by atoms with E-state index < -0.39 is 0 Å². The van der Waals surface area contributed by atoms with Gasteiger partial charge >= 0.3 is 0 Å². The first kappa shape index (κ1) is 13.7. The summed E-state index contributed by atoms with van der Waals surface area (Å²) < 4.78 is 0. The number of nitrogens with zero attached hydrogens (tertiary/aromatic N) is 1. The maximum Gasteiger partial charge on any atom is 0.0646 e. The minimum Gasteiger partial charge on any atom is -0.356 e. The van der Waals surface area contributed by atoms with E-state index in [-0.39, 0.29) is 18.6 Å². The Bertz CT molecular complexity index is 543. The molecule has 2 aromatic heterocycles. The van der Waals surface area contributed by atoms with Gasteiger partial charge in [0.15, 0.2) is 0 Å². The number of fused-ring (bicyclic) bond motifs is 4. The number of rotatable bonds is 0. The molecule has 95 valence electrons. The van der Waals surface area contributed by atoms with Crippen LogP contribution in [0.1, 0.15) is 37.9 Å². The van der Waals surface area contributed by atoms with Gasteiger partial charge in [0.1, 0.15) is 0 Å². The van der Waals surface area contributed by atoms with Crippen LogP contribution < -0.4 is 5.32 Å². The van der Waals surface area contributed by atoms with Crippen molar-refractivity contribution in [2.45, 2.75) is 38.6 Å². The van der Waals surface area contributed by atoms with Gasteiger partial charge in [0, 0.05) is 54.3 Å². The maximum absolute atomic E-state index is 4.17. The summed E-state index contributed by atoms with van der Waals surface area (Å²) in [5.74, 6) is 0. The predicted molar refractivity (Wildman–Crippen MR) is 70.1 cm³/mol. The average molecular weight is 280 g/mol. The molecule has 1 aliphatic heterocycles. The van der Waals surface area contributed by atoms with Crippen molar-refractivity contribution >= 4 is 10.9 Å². The second kappa shape index (κ2) is 5.08. The largest absolute Gasteiger partial charge is 0.356 e. The van der Waals surface area contributed by atoms with Crippen LogP contribution in [0.4, 0.5) is 0 Å². The van der Waals surface area contributed by atoms with Gasteiger partial charge in [0.2, 0.25) is 0 Å². The van der Waals surface area contributed by atoms with Crippen LogP contribution in [0.3, 0.4) is 0 Å². The molecule has 0 bridgehead atoms. The van der Waals surface area contributed by atoms with E-state index in [9.17, 15) is 0 Å². The normalized spacial score (nSPS) is 18.6. The number of pyridine rings is 1. The summed E-state index contributed by atoms with van der Waals surface area (Å²) in [5.41, 5.74) is 4.59. The Morgan fingerprint density at radius 1 is 1.28 bits per heavy atom. The second-order valence-electron chi connectivity index (χ2n) is 4.78. The molecule has 0 unspecified atom stereocenters. The Kier molecular flexibility index (Phi) is 3.86. The topological polar surface area (TPSA) is 40.7 Å². The number of hydrogen-bond acceptors (Lipinski definition) is 2. The van der Waals surface area contributed by atoms with E-state index in [1.165, 1.54) is 29.4 Å². The van der Waals surface area contributed by atoms with Crippen molar-refractivity contribution in [2.75, 3.05) is 6.54 Å². The smallest absolute Gasteiger partial charge is 0.0646 e. The van der Waals surface area contributed by atoms with E-state index in [1.54, 1.807) is 5.56 Å². The molecule has 1 fully saturated rings. The third kappa shape index (κ3) is 1.91. The van der Waals surface area contributed by atoms with Crippen molar-refractivity contribution < 1.29 is 18.6 Å². The van der Waals surface area contributed by atoms with Crippen molar-refractivity contribution in [3.63, 3.8) is 0 Å². The van der Waals surface area contributed by atoms with Gasteiger partial charge in [-0.3, -0.25) is 4.98 Å². The van der Waals surface area contributed by atoms with Gasteiger partial charge in [0.05, 0.1) is 11.7 Å². The number of aromatic amines is 1. The standard InChI is InChI=1S/C12H13N3.C2H6.V/c1-4-13-5-9-8(1)11-10(15-9)6-14-7-12(11)2-3-12;1-2;/h1,4-5,14-15H,2-3,6-7H2;1-2H3;. The summed E-state index contributed by atoms with van der Waals surface area (Å²) in [4.78, 5) is 7.66. The van der Waals surface area contributed by atoms with E-state index in [0.29, 0.717) is 5.41 Å². The van der Waals surface area contributed by atoms with Crippen molar-refractivity contribution in [1.29, 1.82) is 0 Å². The van der Waals surface area contributed by atoms with Gasteiger partial charge in [0.25, 0.3) is 0 Å². The maximum atomic E-state index is 4.17. The van der Waals surface area contributed by atoms with E-state index >= 15 is 0 Å². The average Bonchev–Trinajstić information content (AvgIpc) is 3.03. The fourth-order valence-corrected chi connectivity index (χ4v) is 2.93. The van der Waals surface area contributed by atoms with Gasteiger partial charge in [-0.2, -0.15) is 0 Å². The Morgan fingerprint density at radius 3 is 2.78 bits per heavy atom. The second-order valence-corrected chi connectivity index (χ2v) is 4.78. The summed E-state index contributed by atoms with van der Waals surface area (Å²) >= 11 is 0. The predicted octanol–water partition coefficient (Wildman–Crippen LogP) is 2.72. The van der Waals surface area contributed by atoms with Crippen LogP contribution in [0.15, 0.2) is 18.5 Å². The Hall–Kier alpha value is -0.766. The van der Waals surface area contributed by atoms with Crippen LogP contribution >= 0.6 is 0 Å². The molecule has 1 aliphatic carbocycles. The molecule has 18 heavy (non-hydrogen) atoms. The van der Waals surface area contributed by atoms with E-state index in [2.05, 4.69) is 21.4 Å². The third-order valence-electron chi connectivity index (χ3n) is 3.83. The van der Waals surface area contributed by atoms with E-state index in [0.717, 1.165) is 13.1 Å². The first-order chi connectivity index (χ1) is 8.39. The van der Waals surface area contributed by atoms with Gasteiger partial charge in [-0.15, -0.1) is 0 Å². The molecule has 4 heteroatoms. The van der Waals surface area contributed by atoms with Crippen LogP contribution in [0.25, 0.3) is 10.9 Å². The first-order valence-corrected chi connectivity index (χ1v) is 6.55. The molecule has 2 aromatic rings. The Morgan fingerprint density at radius 2 is 2.06 bits per heavy atom. The van der Waals surface area contributed by atoms with Crippen molar-refractivity contribution in [3.05, 3.63) is 29.7 Å². The minimum absolute atomic E-state index is 0. The first-order valence-electron chi connectivity index (χ1n) is 6.55. The summed E-state index contributed by atoms with van der Waals surface area (Å²) in [5, 5.41) is 4.89. The molecule has 1 saturated carbocycles. The molecule has 2 N–H and O–H groups in total. The number of nitrogens with one attached hydrogen (secondary N) is 2. The SMILES string of the molecule is CC.[V].c1cc2c3c([nH]c2cn1)CNCC31CC1. The molecule has 2 aliphatic rings. The Labute approximate surface area is 120 Å². The molecule has 4 rings (SSSR count). The fourth-order valence-electron chi connectivity index (χ4n) is 2.93. The van der Waals surface area contributed by atoms with Gasteiger partial charge in [-0.05, 0) is 24.5 Å². The molecular weight excluding hydrogens is 261 g/mol. The van der Waals surface area contributed by atoms with Crippen LogP contribution in [0.2, 0.25) is 0 Å². The molecule has 3 nitrogen and oxygen atoms in total. The quantitative estimate of drug-likeness (QED) is 0.779. The van der Waals surface area contributed by atoms with Gasteiger partial charge in [-0.1, -0.05) is 13.8 Å². The zero-order chi connectivity index (χ0) is 11.9. The zero-order valence-electron chi connectivity index (χ0n) is 11.0.